The number of aliphatic hydroxyl groups excluding tert-OH is 2. The van der Waals surface area contributed by atoms with E-state index in [1.54, 1.807) is 0 Å². The number of aromatic nitrogens is 2. The van der Waals surface area contributed by atoms with E-state index in [1.807, 2.05) is 96.0 Å². The molecule has 37 heavy (non-hydrogen) atoms. The number of hydrogen-bond acceptors (Lipinski definition) is 6. The van der Waals surface area contributed by atoms with Crippen LogP contribution in [0.1, 0.15) is 22.9 Å². The van der Waals surface area contributed by atoms with Crippen molar-refractivity contribution in [1.29, 1.82) is 0 Å². The predicted octanol–water partition coefficient (Wildman–Crippen LogP) is 2.30. The van der Waals surface area contributed by atoms with Gasteiger partial charge in [0.05, 0.1) is 12.8 Å². The first-order chi connectivity index (χ1) is 17.9. The van der Waals surface area contributed by atoms with Crippen LogP contribution in [0.25, 0.3) is 0 Å². The van der Waals surface area contributed by atoms with Gasteiger partial charge in [-0.25, -0.2) is 4.79 Å². The summed E-state index contributed by atoms with van der Waals surface area (Å²) in [5, 5.41) is 21.4. The van der Waals surface area contributed by atoms with Crippen LogP contribution in [0.3, 0.4) is 0 Å². The van der Waals surface area contributed by atoms with Crippen LogP contribution in [0.2, 0.25) is 0 Å². The fourth-order valence-electron chi connectivity index (χ4n) is 4.72. The minimum absolute atomic E-state index is 0.187. The standard InChI is InChI=1S/C28H25FN2O6/c29-21-16-31(27(35)30-25(21)34)26-24(33)23(32)22(37-26)17-36-28(18-10-4-1-5-11-18,19-12-6-2-7-13-19)20-14-8-3-9-15-20/h1-16,22-24,26,32-33H,17H2,(H,30,34,35)/t22-,23-,24-,26-/m1/s1. The number of halogens is 1. The number of ether oxygens (including phenoxy) is 2. The molecule has 0 radical (unpaired) electrons. The Kier molecular flexibility index (Phi) is 6.86. The van der Waals surface area contributed by atoms with Crippen molar-refractivity contribution in [3.05, 3.63) is 141 Å². The van der Waals surface area contributed by atoms with Gasteiger partial charge >= 0.3 is 5.69 Å². The first kappa shape index (κ1) is 24.8. The summed E-state index contributed by atoms with van der Waals surface area (Å²) >= 11 is 0. The highest BCUT2D eigenvalue weighted by atomic mass is 19.1. The van der Waals surface area contributed by atoms with Crippen LogP contribution in [-0.4, -0.2) is 44.7 Å². The molecule has 0 amide bonds. The number of hydrogen-bond donors (Lipinski definition) is 3. The maximum Gasteiger partial charge on any atom is 0.330 e. The average Bonchev–Trinajstić information content (AvgIpc) is 3.21. The zero-order valence-corrected chi connectivity index (χ0v) is 19.6. The van der Waals surface area contributed by atoms with Gasteiger partial charge in [0, 0.05) is 0 Å². The van der Waals surface area contributed by atoms with E-state index in [2.05, 4.69) is 0 Å². The fraction of sp³-hybridized carbons (Fsp3) is 0.214. The van der Waals surface area contributed by atoms with Crippen molar-refractivity contribution in [2.45, 2.75) is 30.1 Å². The minimum atomic E-state index is -1.57. The molecule has 3 N–H and O–H groups in total. The van der Waals surface area contributed by atoms with Gasteiger partial charge in [-0.05, 0) is 16.7 Å². The molecule has 0 spiro atoms. The van der Waals surface area contributed by atoms with Crippen molar-refractivity contribution in [2.24, 2.45) is 0 Å². The highest BCUT2D eigenvalue weighted by molar-refractivity contribution is 5.47. The Morgan fingerprint density at radius 1 is 0.838 bits per heavy atom. The molecule has 0 unspecified atom stereocenters. The van der Waals surface area contributed by atoms with Crippen LogP contribution < -0.4 is 11.2 Å². The van der Waals surface area contributed by atoms with Crippen molar-refractivity contribution in [3.63, 3.8) is 0 Å². The van der Waals surface area contributed by atoms with Crippen molar-refractivity contribution < 1.29 is 24.1 Å². The Balaban J connectivity index is 1.53. The number of benzene rings is 3. The van der Waals surface area contributed by atoms with Crippen LogP contribution >= 0.6 is 0 Å². The number of nitrogens with one attached hydrogen (secondary N) is 1. The molecule has 1 aliphatic heterocycles. The lowest BCUT2D eigenvalue weighted by molar-refractivity contribution is -0.0960. The second kappa shape index (κ2) is 10.2. The largest absolute Gasteiger partial charge is 0.387 e. The number of nitrogens with zero attached hydrogens (tertiary/aromatic N) is 1. The quantitative estimate of drug-likeness (QED) is 0.333. The molecule has 5 rings (SSSR count). The molecule has 0 bridgehead atoms. The molecular formula is C28H25FN2O6. The van der Waals surface area contributed by atoms with Gasteiger partial charge in [0.25, 0.3) is 5.56 Å². The first-order valence-corrected chi connectivity index (χ1v) is 11.7. The van der Waals surface area contributed by atoms with E-state index in [0.29, 0.717) is 10.8 Å². The van der Waals surface area contributed by atoms with Gasteiger partial charge < -0.3 is 19.7 Å². The van der Waals surface area contributed by atoms with Crippen LogP contribution in [-0.2, 0) is 15.1 Å². The zero-order valence-electron chi connectivity index (χ0n) is 19.6. The van der Waals surface area contributed by atoms with Gasteiger partial charge in [-0.2, -0.15) is 4.39 Å². The maximum atomic E-state index is 13.9. The topological polar surface area (TPSA) is 114 Å². The second-order valence-corrected chi connectivity index (χ2v) is 8.78. The van der Waals surface area contributed by atoms with Gasteiger partial charge in [-0.15, -0.1) is 0 Å². The van der Waals surface area contributed by atoms with Crippen LogP contribution in [0.4, 0.5) is 4.39 Å². The van der Waals surface area contributed by atoms with Crippen molar-refractivity contribution in [3.8, 4) is 0 Å². The highest BCUT2D eigenvalue weighted by Gasteiger charge is 2.46. The monoisotopic (exact) mass is 504 g/mol. The summed E-state index contributed by atoms with van der Waals surface area (Å²) in [4.78, 5) is 25.5. The Morgan fingerprint density at radius 3 is 1.81 bits per heavy atom. The van der Waals surface area contributed by atoms with E-state index >= 15 is 0 Å². The lowest BCUT2D eigenvalue weighted by atomic mass is 9.80. The molecule has 4 aromatic rings. The Hall–Kier alpha value is -3.89. The maximum absolute atomic E-state index is 13.9. The Morgan fingerprint density at radius 2 is 1.32 bits per heavy atom. The molecule has 1 saturated heterocycles. The third-order valence-electron chi connectivity index (χ3n) is 6.54. The smallest absolute Gasteiger partial charge is 0.330 e. The Bertz CT molecular complexity index is 1360. The van der Waals surface area contributed by atoms with Gasteiger partial charge in [0.15, 0.2) is 6.23 Å². The number of H-pyrrole nitrogens is 1. The summed E-state index contributed by atoms with van der Waals surface area (Å²) in [6.45, 7) is -0.187. The molecule has 9 heteroatoms. The van der Waals surface area contributed by atoms with Crippen LogP contribution in [0.15, 0.2) is 107 Å². The molecule has 0 saturated carbocycles. The summed E-state index contributed by atoms with van der Waals surface area (Å²) in [6.07, 6.45) is -4.88. The first-order valence-electron chi connectivity index (χ1n) is 11.7. The van der Waals surface area contributed by atoms with Gasteiger partial charge in [0.2, 0.25) is 5.82 Å². The van der Waals surface area contributed by atoms with Gasteiger partial charge in [0.1, 0.15) is 23.9 Å². The van der Waals surface area contributed by atoms with Gasteiger partial charge in [-0.1, -0.05) is 91.0 Å². The lowest BCUT2D eigenvalue weighted by Gasteiger charge is -2.37. The van der Waals surface area contributed by atoms with E-state index in [-0.39, 0.29) is 6.61 Å². The molecule has 4 atom stereocenters. The molecule has 2 heterocycles. The SMILES string of the molecule is O=c1[nH]c(=O)n([C@@H]2O[C@H](COC(c3ccccc3)(c3ccccc3)c3ccccc3)[C@@H](O)[C@H]2O)cc1F. The number of aromatic amines is 1. The minimum Gasteiger partial charge on any atom is -0.387 e. The van der Waals surface area contributed by atoms with E-state index in [1.165, 1.54) is 0 Å². The highest BCUT2D eigenvalue weighted by Crippen LogP contribution is 2.41. The zero-order chi connectivity index (χ0) is 26.0. The van der Waals surface area contributed by atoms with Crippen molar-refractivity contribution in [2.75, 3.05) is 6.61 Å². The number of aliphatic hydroxyl groups is 2. The lowest BCUT2D eigenvalue weighted by Crippen LogP contribution is -2.40. The third kappa shape index (κ3) is 4.54. The molecule has 1 aromatic heterocycles. The molecule has 3 aromatic carbocycles. The summed E-state index contributed by atoms with van der Waals surface area (Å²) < 4.78 is 27.0. The summed E-state index contributed by atoms with van der Waals surface area (Å²) in [5.74, 6) is -1.22. The van der Waals surface area contributed by atoms with Crippen molar-refractivity contribution >= 4 is 0 Å². The average molecular weight is 505 g/mol. The van der Waals surface area contributed by atoms with Gasteiger partial charge in [-0.3, -0.25) is 14.3 Å². The summed E-state index contributed by atoms with van der Waals surface area (Å²) in [6, 6.07) is 28.7. The molecule has 0 aliphatic carbocycles. The predicted molar refractivity (Wildman–Crippen MR) is 132 cm³/mol. The second-order valence-electron chi connectivity index (χ2n) is 8.78. The summed E-state index contributed by atoms with van der Waals surface area (Å²) in [5.41, 5.74) is -0.775. The Labute approximate surface area is 211 Å². The molecule has 1 aliphatic rings. The summed E-state index contributed by atoms with van der Waals surface area (Å²) in [7, 11) is 0. The van der Waals surface area contributed by atoms with Crippen molar-refractivity contribution in [1.82, 2.24) is 9.55 Å². The molecular weight excluding hydrogens is 479 g/mol. The molecule has 190 valence electrons. The number of rotatable bonds is 7. The van der Waals surface area contributed by atoms with E-state index in [4.69, 9.17) is 9.47 Å². The third-order valence-corrected chi connectivity index (χ3v) is 6.54. The van der Waals surface area contributed by atoms with Crippen LogP contribution in [0.5, 0.6) is 0 Å². The van der Waals surface area contributed by atoms with E-state index in [9.17, 15) is 24.2 Å². The molecule has 1 fully saturated rings. The fourth-order valence-corrected chi connectivity index (χ4v) is 4.72. The van der Waals surface area contributed by atoms with Crippen LogP contribution in [0, 0.1) is 5.82 Å². The normalized spacial score (nSPS) is 21.7. The molecule has 8 nitrogen and oxygen atoms in total. The van der Waals surface area contributed by atoms with E-state index < -0.39 is 47.2 Å². The van der Waals surface area contributed by atoms with E-state index in [0.717, 1.165) is 16.7 Å².